The highest BCUT2D eigenvalue weighted by atomic mass is 19.4. The number of carbonyl (C=O) groups is 2. The Morgan fingerprint density at radius 1 is 1.23 bits per heavy atom. The first-order valence-corrected chi connectivity index (χ1v) is 10.3. The Bertz CT molecular complexity index is 1110. The fraction of sp³-hybridized carbons (Fsp3) is 0.455. The van der Waals surface area contributed by atoms with Crippen molar-refractivity contribution in [3.63, 3.8) is 0 Å². The summed E-state index contributed by atoms with van der Waals surface area (Å²) in [4.78, 5) is 29.0. The van der Waals surface area contributed by atoms with E-state index in [0.717, 1.165) is 43.4 Å². The van der Waals surface area contributed by atoms with Gasteiger partial charge in [-0.25, -0.2) is 4.99 Å². The molecule has 6 nitrogen and oxygen atoms in total. The van der Waals surface area contributed by atoms with Crippen molar-refractivity contribution in [2.45, 2.75) is 51.7 Å². The maximum atomic E-state index is 13.6. The van der Waals surface area contributed by atoms with Crippen LogP contribution in [0.15, 0.2) is 35.0 Å². The molecule has 1 aliphatic carbocycles. The Morgan fingerprint density at radius 3 is 2.58 bits per heavy atom. The van der Waals surface area contributed by atoms with E-state index in [1.807, 2.05) is 0 Å². The Kier molecular flexibility index (Phi) is 5.45. The van der Waals surface area contributed by atoms with Crippen molar-refractivity contribution in [1.29, 1.82) is 0 Å². The SMILES string of the molecule is CC1=CC(C)=NC(=O)C1CNC(=O)c1cc(C(F)(F)F)cc2c1cnn2C1CCCC1. The fourth-order valence-electron chi connectivity index (χ4n) is 4.38. The van der Waals surface area contributed by atoms with E-state index in [-0.39, 0.29) is 24.1 Å². The van der Waals surface area contributed by atoms with Crippen molar-refractivity contribution in [3.8, 4) is 0 Å². The van der Waals surface area contributed by atoms with Crippen LogP contribution in [0.25, 0.3) is 10.9 Å². The summed E-state index contributed by atoms with van der Waals surface area (Å²) in [5.74, 6) is -1.68. The van der Waals surface area contributed by atoms with Crippen molar-refractivity contribution in [2.24, 2.45) is 10.9 Å². The minimum Gasteiger partial charge on any atom is -0.351 e. The largest absolute Gasteiger partial charge is 0.416 e. The second kappa shape index (κ2) is 7.94. The first-order valence-electron chi connectivity index (χ1n) is 10.3. The van der Waals surface area contributed by atoms with Gasteiger partial charge in [-0.2, -0.15) is 18.3 Å². The van der Waals surface area contributed by atoms with E-state index < -0.39 is 23.6 Å². The second-order valence-corrected chi connectivity index (χ2v) is 8.22. The zero-order valence-electron chi connectivity index (χ0n) is 17.3. The molecule has 2 amide bonds. The summed E-state index contributed by atoms with van der Waals surface area (Å²) in [6, 6.07) is 1.95. The molecule has 9 heteroatoms. The minimum atomic E-state index is -4.60. The van der Waals surface area contributed by atoms with Gasteiger partial charge in [0.25, 0.3) is 11.8 Å². The summed E-state index contributed by atoms with van der Waals surface area (Å²) >= 11 is 0. The number of rotatable bonds is 4. The summed E-state index contributed by atoms with van der Waals surface area (Å²) in [7, 11) is 0. The van der Waals surface area contributed by atoms with Crippen LogP contribution < -0.4 is 5.32 Å². The number of allylic oxidation sites excluding steroid dienone is 1. The van der Waals surface area contributed by atoms with E-state index in [1.165, 1.54) is 6.20 Å². The van der Waals surface area contributed by atoms with Gasteiger partial charge in [-0.3, -0.25) is 14.3 Å². The van der Waals surface area contributed by atoms with E-state index in [4.69, 9.17) is 0 Å². The zero-order valence-corrected chi connectivity index (χ0v) is 17.3. The molecule has 31 heavy (non-hydrogen) atoms. The molecule has 1 aromatic carbocycles. The lowest BCUT2D eigenvalue weighted by molar-refractivity contribution is -0.137. The van der Waals surface area contributed by atoms with Crippen LogP contribution in [-0.2, 0) is 11.0 Å². The average molecular weight is 432 g/mol. The van der Waals surface area contributed by atoms with Crippen LogP contribution in [0.2, 0.25) is 0 Å². The topological polar surface area (TPSA) is 76.3 Å². The fourth-order valence-corrected chi connectivity index (χ4v) is 4.38. The second-order valence-electron chi connectivity index (χ2n) is 8.22. The third-order valence-electron chi connectivity index (χ3n) is 6.00. The van der Waals surface area contributed by atoms with Gasteiger partial charge in [0.1, 0.15) is 0 Å². The average Bonchev–Trinajstić information content (AvgIpc) is 3.34. The van der Waals surface area contributed by atoms with E-state index in [0.29, 0.717) is 16.6 Å². The zero-order chi connectivity index (χ0) is 22.3. The van der Waals surface area contributed by atoms with Gasteiger partial charge in [-0.1, -0.05) is 18.4 Å². The van der Waals surface area contributed by atoms with Gasteiger partial charge in [0, 0.05) is 17.6 Å². The molecule has 1 aromatic heterocycles. The first kappa shape index (κ1) is 21.3. The Morgan fingerprint density at radius 2 is 1.94 bits per heavy atom. The van der Waals surface area contributed by atoms with Crippen molar-refractivity contribution in [1.82, 2.24) is 15.1 Å². The van der Waals surface area contributed by atoms with Gasteiger partial charge in [-0.05, 0) is 44.9 Å². The van der Waals surface area contributed by atoms with Gasteiger partial charge >= 0.3 is 6.18 Å². The molecule has 1 atom stereocenters. The monoisotopic (exact) mass is 432 g/mol. The highest BCUT2D eigenvalue weighted by Gasteiger charge is 2.34. The van der Waals surface area contributed by atoms with E-state index in [1.54, 1.807) is 24.6 Å². The molecular weight excluding hydrogens is 409 g/mol. The molecule has 1 fully saturated rings. The van der Waals surface area contributed by atoms with Crippen LogP contribution in [-0.4, -0.2) is 33.9 Å². The standard InChI is InChI=1S/C22H23F3N4O2/c1-12-7-13(2)28-21(31)17(12)10-26-20(30)16-8-14(22(23,24)25)9-19-18(16)11-27-29(19)15-5-3-4-6-15/h7-9,11,15,17H,3-6,10H2,1-2H3,(H,26,30). The van der Waals surface area contributed by atoms with Crippen molar-refractivity contribution < 1.29 is 22.8 Å². The number of fused-ring (bicyclic) bond motifs is 1. The number of aromatic nitrogens is 2. The van der Waals surface area contributed by atoms with Crippen LogP contribution in [0.5, 0.6) is 0 Å². The van der Waals surface area contributed by atoms with Crippen LogP contribution >= 0.6 is 0 Å². The Balaban J connectivity index is 1.66. The van der Waals surface area contributed by atoms with Crippen LogP contribution in [0.3, 0.4) is 0 Å². The number of hydrogen-bond acceptors (Lipinski definition) is 3. The molecule has 0 spiro atoms. The summed E-state index contributed by atoms with van der Waals surface area (Å²) in [5.41, 5.74) is 0.649. The molecule has 0 radical (unpaired) electrons. The number of dihydropyridines is 1. The number of nitrogens with zero attached hydrogens (tertiary/aromatic N) is 3. The predicted molar refractivity (Wildman–Crippen MR) is 110 cm³/mol. The molecule has 4 rings (SSSR count). The lowest BCUT2D eigenvalue weighted by Gasteiger charge is -2.19. The lowest BCUT2D eigenvalue weighted by atomic mass is 9.95. The summed E-state index contributed by atoms with van der Waals surface area (Å²) in [5, 5.41) is 7.30. The van der Waals surface area contributed by atoms with E-state index >= 15 is 0 Å². The maximum absolute atomic E-state index is 13.6. The van der Waals surface area contributed by atoms with E-state index in [9.17, 15) is 22.8 Å². The van der Waals surface area contributed by atoms with Gasteiger partial charge in [-0.15, -0.1) is 0 Å². The number of hydrogen-bond donors (Lipinski definition) is 1. The van der Waals surface area contributed by atoms with Gasteiger partial charge < -0.3 is 5.32 Å². The van der Waals surface area contributed by atoms with Crippen molar-refractivity contribution in [3.05, 3.63) is 41.1 Å². The van der Waals surface area contributed by atoms with Gasteiger partial charge in [0.15, 0.2) is 0 Å². The Hall–Kier alpha value is -2.97. The molecule has 1 saturated carbocycles. The molecule has 0 bridgehead atoms. The number of carbonyl (C=O) groups excluding carboxylic acids is 2. The third kappa shape index (κ3) is 4.13. The Labute approximate surface area is 177 Å². The summed E-state index contributed by atoms with van der Waals surface area (Å²) < 4.78 is 42.3. The normalized spacial score (nSPS) is 20.2. The van der Waals surface area contributed by atoms with Crippen molar-refractivity contribution in [2.75, 3.05) is 6.54 Å². The lowest BCUT2D eigenvalue weighted by Crippen LogP contribution is -2.34. The highest BCUT2D eigenvalue weighted by molar-refractivity contribution is 6.08. The number of aliphatic imine (C=N–C) groups is 1. The van der Waals surface area contributed by atoms with Gasteiger partial charge in [0.05, 0.1) is 34.8 Å². The third-order valence-corrected chi connectivity index (χ3v) is 6.00. The first-order chi connectivity index (χ1) is 14.6. The molecule has 164 valence electrons. The summed E-state index contributed by atoms with van der Waals surface area (Å²) in [6.45, 7) is 3.43. The molecule has 2 heterocycles. The van der Waals surface area contributed by atoms with Crippen LogP contribution in [0, 0.1) is 5.92 Å². The molecule has 1 N–H and O–H groups in total. The maximum Gasteiger partial charge on any atom is 0.416 e. The van der Waals surface area contributed by atoms with Crippen LogP contribution in [0.1, 0.15) is 61.5 Å². The summed E-state index contributed by atoms with van der Waals surface area (Å²) in [6.07, 6.45) is 2.32. The number of halogens is 3. The molecule has 2 aliphatic rings. The number of nitrogens with one attached hydrogen (secondary N) is 1. The molecular formula is C22H23F3N4O2. The molecule has 0 saturated heterocycles. The van der Waals surface area contributed by atoms with Crippen molar-refractivity contribution >= 4 is 28.4 Å². The molecule has 2 aromatic rings. The quantitative estimate of drug-likeness (QED) is 0.775. The minimum absolute atomic E-state index is 0.0330. The van der Waals surface area contributed by atoms with Crippen LogP contribution in [0.4, 0.5) is 13.2 Å². The number of benzene rings is 1. The van der Waals surface area contributed by atoms with E-state index in [2.05, 4.69) is 15.4 Å². The van der Waals surface area contributed by atoms with Gasteiger partial charge in [0.2, 0.25) is 0 Å². The molecule has 1 unspecified atom stereocenters. The smallest absolute Gasteiger partial charge is 0.351 e. The molecule has 1 aliphatic heterocycles. The number of amides is 2. The highest BCUT2D eigenvalue weighted by Crippen LogP contribution is 2.36. The number of alkyl halides is 3. The predicted octanol–water partition coefficient (Wildman–Crippen LogP) is 4.46.